The van der Waals surface area contributed by atoms with Crippen molar-refractivity contribution in [2.75, 3.05) is 12.4 Å². The Bertz CT molecular complexity index is 842. The van der Waals surface area contributed by atoms with Gasteiger partial charge in [0.25, 0.3) is 0 Å². The van der Waals surface area contributed by atoms with E-state index in [-0.39, 0.29) is 6.04 Å². The lowest BCUT2D eigenvalue weighted by Gasteiger charge is -2.18. The zero-order valence-corrected chi connectivity index (χ0v) is 12.7. The molecule has 3 rings (SSSR count). The van der Waals surface area contributed by atoms with Gasteiger partial charge in [0.1, 0.15) is 6.07 Å². The number of nitriles is 1. The van der Waals surface area contributed by atoms with E-state index in [0.29, 0.717) is 5.69 Å². The van der Waals surface area contributed by atoms with Crippen LogP contribution in [0.15, 0.2) is 48.5 Å². The van der Waals surface area contributed by atoms with Gasteiger partial charge in [0.15, 0.2) is 5.69 Å². The number of fused-ring (bicyclic) bond motifs is 1. The van der Waals surface area contributed by atoms with E-state index >= 15 is 0 Å². The molecule has 2 aromatic carbocycles. The molecule has 0 spiro atoms. The third-order valence-corrected chi connectivity index (χ3v) is 3.96. The van der Waals surface area contributed by atoms with Gasteiger partial charge >= 0.3 is 0 Å². The number of hydrogen-bond donors (Lipinski definition) is 1. The first kappa shape index (κ1) is 14.2. The molecule has 1 heterocycles. The van der Waals surface area contributed by atoms with Crippen LogP contribution in [-0.2, 0) is 0 Å². The van der Waals surface area contributed by atoms with Gasteiger partial charge in [-0.15, -0.1) is 0 Å². The number of hydrogen-bond acceptors (Lipinski definition) is 3. The molecule has 0 aliphatic rings. The Morgan fingerprint density at radius 1 is 1.23 bits per heavy atom. The smallest absolute Gasteiger partial charge is 0.170 e. The summed E-state index contributed by atoms with van der Waals surface area (Å²) in [6.45, 7) is 2.14. The van der Waals surface area contributed by atoms with E-state index in [0.717, 1.165) is 23.0 Å². The first-order chi connectivity index (χ1) is 10.8. The molecular weight excluding hydrogens is 272 g/mol. The first-order valence-corrected chi connectivity index (χ1v) is 7.43. The molecule has 0 fully saturated rings. The fraction of sp³-hybridized carbons (Fsp3) is 0.222. The van der Waals surface area contributed by atoms with Crippen LogP contribution in [0.1, 0.15) is 30.6 Å². The number of aromatic nitrogens is 2. The normalized spacial score (nSPS) is 12.0. The minimum absolute atomic E-state index is 0.111. The van der Waals surface area contributed by atoms with Crippen LogP contribution in [0.5, 0.6) is 0 Å². The Morgan fingerprint density at radius 2 is 2.05 bits per heavy atom. The standard InChI is InChI=1S/C18H18N4/c1-3-17(13-7-6-8-14(11-13)20-2)22-18-10-5-4-9-15(18)16(12-19)21-22/h4-11,17,20H,3H2,1-2H3. The molecule has 3 aromatic rings. The molecule has 1 N–H and O–H groups in total. The largest absolute Gasteiger partial charge is 0.388 e. The van der Waals surface area contributed by atoms with Gasteiger partial charge in [0, 0.05) is 18.1 Å². The molecular formula is C18H18N4. The average Bonchev–Trinajstić information content (AvgIpc) is 2.95. The topological polar surface area (TPSA) is 53.6 Å². The molecule has 0 aliphatic heterocycles. The fourth-order valence-corrected chi connectivity index (χ4v) is 2.86. The molecule has 0 radical (unpaired) electrons. The highest BCUT2D eigenvalue weighted by atomic mass is 15.3. The van der Waals surface area contributed by atoms with E-state index in [9.17, 15) is 5.26 Å². The van der Waals surface area contributed by atoms with Gasteiger partial charge in [-0.1, -0.05) is 31.2 Å². The van der Waals surface area contributed by atoms with Crippen LogP contribution in [-0.4, -0.2) is 16.8 Å². The van der Waals surface area contributed by atoms with Crippen molar-refractivity contribution in [1.82, 2.24) is 9.78 Å². The molecule has 0 aliphatic carbocycles. The van der Waals surface area contributed by atoms with E-state index in [1.54, 1.807) is 0 Å². The van der Waals surface area contributed by atoms with Crippen LogP contribution >= 0.6 is 0 Å². The summed E-state index contributed by atoms with van der Waals surface area (Å²) in [6.07, 6.45) is 0.906. The van der Waals surface area contributed by atoms with E-state index in [1.807, 2.05) is 48.1 Å². The summed E-state index contributed by atoms with van der Waals surface area (Å²) in [5.41, 5.74) is 3.75. The highest BCUT2D eigenvalue weighted by Gasteiger charge is 2.18. The summed E-state index contributed by atoms with van der Waals surface area (Å²) in [6, 6.07) is 18.5. The predicted octanol–water partition coefficient (Wildman–Crippen LogP) is 3.95. The summed E-state index contributed by atoms with van der Waals surface area (Å²) in [5, 5.41) is 17.9. The van der Waals surface area contributed by atoms with Gasteiger partial charge in [0.2, 0.25) is 0 Å². The van der Waals surface area contributed by atoms with Crippen molar-refractivity contribution < 1.29 is 0 Å². The molecule has 0 bridgehead atoms. The van der Waals surface area contributed by atoms with Gasteiger partial charge < -0.3 is 5.32 Å². The summed E-state index contributed by atoms with van der Waals surface area (Å²) < 4.78 is 1.97. The van der Waals surface area contributed by atoms with Crippen LogP contribution in [0.2, 0.25) is 0 Å². The van der Waals surface area contributed by atoms with Crippen molar-refractivity contribution in [3.05, 3.63) is 59.8 Å². The van der Waals surface area contributed by atoms with Crippen molar-refractivity contribution in [3.8, 4) is 6.07 Å². The van der Waals surface area contributed by atoms with Crippen molar-refractivity contribution in [3.63, 3.8) is 0 Å². The number of nitrogens with one attached hydrogen (secondary N) is 1. The summed E-state index contributed by atoms with van der Waals surface area (Å²) in [7, 11) is 1.91. The minimum atomic E-state index is 0.111. The molecule has 1 unspecified atom stereocenters. The highest BCUT2D eigenvalue weighted by Crippen LogP contribution is 2.29. The van der Waals surface area contributed by atoms with Crippen molar-refractivity contribution in [2.45, 2.75) is 19.4 Å². The summed E-state index contributed by atoms with van der Waals surface area (Å²) in [4.78, 5) is 0. The molecule has 0 saturated heterocycles. The van der Waals surface area contributed by atoms with Crippen LogP contribution in [0.3, 0.4) is 0 Å². The van der Waals surface area contributed by atoms with Gasteiger partial charge in [-0.05, 0) is 36.2 Å². The lowest BCUT2D eigenvalue weighted by Crippen LogP contribution is -2.11. The zero-order chi connectivity index (χ0) is 15.5. The van der Waals surface area contributed by atoms with E-state index < -0.39 is 0 Å². The molecule has 0 saturated carbocycles. The number of rotatable bonds is 4. The highest BCUT2D eigenvalue weighted by molar-refractivity contribution is 5.84. The lowest BCUT2D eigenvalue weighted by atomic mass is 10.0. The van der Waals surface area contributed by atoms with Crippen LogP contribution in [0, 0.1) is 11.3 Å². The van der Waals surface area contributed by atoms with E-state index in [1.165, 1.54) is 5.56 Å². The van der Waals surface area contributed by atoms with Crippen molar-refractivity contribution in [2.24, 2.45) is 0 Å². The zero-order valence-electron chi connectivity index (χ0n) is 12.7. The van der Waals surface area contributed by atoms with Gasteiger partial charge in [-0.2, -0.15) is 10.4 Å². The molecule has 4 heteroatoms. The molecule has 4 nitrogen and oxygen atoms in total. The number of nitrogens with zero attached hydrogens (tertiary/aromatic N) is 3. The SMILES string of the molecule is CCC(c1cccc(NC)c1)n1nc(C#N)c2ccccc21. The van der Waals surface area contributed by atoms with E-state index in [4.69, 9.17) is 0 Å². The Labute approximate surface area is 130 Å². The third-order valence-electron chi connectivity index (χ3n) is 3.96. The monoisotopic (exact) mass is 290 g/mol. The fourth-order valence-electron chi connectivity index (χ4n) is 2.86. The average molecular weight is 290 g/mol. The molecule has 0 amide bonds. The maximum atomic E-state index is 9.32. The maximum absolute atomic E-state index is 9.32. The second-order valence-corrected chi connectivity index (χ2v) is 5.22. The molecule has 22 heavy (non-hydrogen) atoms. The summed E-state index contributed by atoms with van der Waals surface area (Å²) in [5.74, 6) is 0. The second kappa shape index (κ2) is 5.90. The summed E-state index contributed by atoms with van der Waals surface area (Å²) >= 11 is 0. The number of anilines is 1. The number of para-hydroxylation sites is 1. The Morgan fingerprint density at radius 3 is 2.77 bits per heavy atom. The lowest BCUT2D eigenvalue weighted by molar-refractivity contribution is 0.524. The van der Waals surface area contributed by atoms with Crippen LogP contribution in [0.4, 0.5) is 5.69 Å². The first-order valence-electron chi connectivity index (χ1n) is 7.43. The maximum Gasteiger partial charge on any atom is 0.170 e. The Hall–Kier alpha value is -2.80. The molecule has 1 aromatic heterocycles. The van der Waals surface area contributed by atoms with Gasteiger partial charge in [-0.25, -0.2) is 0 Å². The van der Waals surface area contributed by atoms with Crippen LogP contribution in [0.25, 0.3) is 10.9 Å². The molecule has 1 atom stereocenters. The Balaban J connectivity index is 2.17. The quantitative estimate of drug-likeness (QED) is 0.791. The molecule has 110 valence electrons. The number of benzene rings is 2. The predicted molar refractivity (Wildman–Crippen MR) is 88.9 cm³/mol. The van der Waals surface area contributed by atoms with Gasteiger partial charge in [0.05, 0.1) is 11.6 Å². The van der Waals surface area contributed by atoms with Crippen LogP contribution < -0.4 is 5.32 Å². The third kappa shape index (κ3) is 2.31. The van der Waals surface area contributed by atoms with Crippen molar-refractivity contribution >= 4 is 16.6 Å². The second-order valence-electron chi connectivity index (χ2n) is 5.22. The van der Waals surface area contributed by atoms with E-state index in [2.05, 4.69) is 35.5 Å². The van der Waals surface area contributed by atoms with Crippen molar-refractivity contribution in [1.29, 1.82) is 5.26 Å². The van der Waals surface area contributed by atoms with Gasteiger partial charge in [-0.3, -0.25) is 4.68 Å². The minimum Gasteiger partial charge on any atom is -0.388 e. The Kier molecular flexibility index (Phi) is 3.80.